The normalized spacial score (nSPS) is 20.2. The molecule has 134 valence electrons. The molecule has 25 heavy (non-hydrogen) atoms. The molecule has 1 atom stereocenters. The fourth-order valence-corrected chi connectivity index (χ4v) is 3.90. The quantitative estimate of drug-likeness (QED) is 0.758. The van der Waals surface area contributed by atoms with Gasteiger partial charge in [0.1, 0.15) is 17.3 Å². The summed E-state index contributed by atoms with van der Waals surface area (Å²) in [5, 5.41) is 2.86. The molecule has 0 aromatic carbocycles. The molecule has 1 aromatic rings. The van der Waals surface area contributed by atoms with Gasteiger partial charge >= 0.3 is 6.18 Å². The van der Waals surface area contributed by atoms with Gasteiger partial charge in [-0.2, -0.15) is 13.2 Å². The van der Waals surface area contributed by atoms with Crippen LogP contribution in [0.3, 0.4) is 0 Å². The second-order valence-corrected chi connectivity index (χ2v) is 7.27. The summed E-state index contributed by atoms with van der Waals surface area (Å²) >= 11 is 1.67. The van der Waals surface area contributed by atoms with Crippen molar-refractivity contribution in [2.24, 2.45) is 13.0 Å². The summed E-state index contributed by atoms with van der Waals surface area (Å²) in [5.41, 5.74) is 0.710. The zero-order valence-corrected chi connectivity index (χ0v) is 15.0. The molecule has 7 heteroatoms. The third-order valence-corrected chi connectivity index (χ3v) is 5.31. The molecule has 0 saturated heterocycles. The van der Waals surface area contributed by atoms with Gasteiger partial charge in [-0.25, -0.2) is 4.98 Å². The van der Waals surface area contributed by atoms with E-state index in [1.807, 2.05) is 17.7 Å². The number of rotatable bonds is 4. The monoisotopic (exact) mass is 367 g/mol. The van der Waals surface area contributed by atoms with Crippen molar-refractivity contribution < 1.29 is 13.2 Å². The van der Waals surface area contributed by atoms with Crippen LogP contribution in [0.2, 0.25) is 0 Å². The molecule has 0 radical (unpaired) electrons. The van der Waals surface area contributed by atoms with Crippen molar-refractivity contribution >= 4 is 29.2 Å². The Balaban J connectivity index is 2.00. The van der Waals surface area contributed by atoms with Crippen LogP contribution in [0.25, 0.3) is 11.6 Å². The molecular weight excluding hydrogens is 347 g/mol. The molecule has 2 aliphatic rings. The standard InChI is InChI=1S/C18H20F3N3S/c1-4-7-25-15-8-11(2)5-6-13(15)16-23-14-9-12(18(19,20)21)10-22-17(14)24(16)3/h4,6,8-9,11,22H,1,5,7,10H2,2-3H3. The van der Waals surface area contributed by atoms with Gasteiger partial charge in [-0.1, -0.05) is 25.2 Å². The predicted octanol–water partition coefficient (Wildman–Crippen LogP) is 5.02. The number of nitrogens with zero attached hydrogens (tertiary/aromatic N) is 2. The van der Waals surface area contributed by atoms with Crippen molar-refractivity contribution in [1.82, 2.24) is 9.55 Å². The van der Waals surface area contributed by atoms with Crippen LogP contribution in [0.4, 0.5) is 19.0 Å². The lowest BCUT2D eigenvalue weighted by molar-refractivity contribution is -0.0909. The van der Waals surface area contributed by atoms with Gasteiger partial charge in [-0.3, -0.25) is 0 Å². The molecule has 0 amide bonds. The topological polar surface area (TPSA) is 29.9 Å². The first kappa shape index (κ1) is 17.9. The number of hydrogen-bond donors (Lipinski definition) is 1. The Labute approximate surface area is 149 Å². The molecule has 0 spiro atoms. The van der Waals surface area contributed by atoms with Gasteiger partial charge < -0.3 is 9.88 Å². The lowest BCUT2D eigenvalue weighted by atomic mass is 9.98. The number of aromatic nitrogens is 2. The van der Waals surface area contributed by atoms with Crippen LogP contribution < -0.4 is 5.32 Å². The maximum absolute atomic E-state index is 13.0. The largest absolute Gasteiger partial charge is 0.414 e. The van der Waals surface area contributed by atoms with E-state index in [-0.39, 0.29) is 6.54 Å². The molecule has 1 unspecified atom stereocenters. The first-order valence-electron chi connectivity index (χ1n) is 8.06. The van der Waals surface area contributed by atoms with Crippen LogP contribution in [0, 0.1) is 5.92 Å². The Morgan fingerprint density at radius 2 is 2.24 bits per heavy atom. The van der Waals surface area contributed by atoms with Crippen molar-refractivity contribution in [1.29, 1.82) is 0 Å². The zero-order valence-electron chi connectivity index (χ0n) is 14.2. The predicted molar refractivity (Wildman–Crippen MR) is 98.2 cm³/mol. The average molecular weight is 367 g/mol. The Kier molecular flexibility index (Phi) is 4.86. The first-order valence-corrected chi connectivity index (χ1v) is 9.04. The number of anilines is 1. The minimum absolute atomic E-state index is 0.237. The highest BCUT2D eigenvalue weighted by molar-refractivity contribution is 8.03. The van der Waals surface area contributed by atoms with E-state index in [1.54, 1.807) is 11.8 Å². The summed E-state index contributed by atoms with van der Waals surface area (Å²) in [6.07, 6.45) is 3.85. The van der Waals surface area contributed by atoms with E-state index in [2.05, 4.69) is 36.0 Å². The van der Waals surface area contributed by atoms with E-state index in [9.17, 15) is 13.2 Å². The minimum atomic E-state index is -4.34. The molecule has 1 aliphatic heterocycles. The Morgan fingerprint density at radius 1 is 1.48 bits per heavy atom. The summed E-state index contributed by atoms with van der Waals surface area (Å²) in [5.74, 6) is 2.51. The molecular formula is C18H20F3N3S. The molecule has 3 rings (SSSR count). The van der Waals surface area contributed by atoms with E-state index >= 15 is 0 Å². The molecule has 1 aliphatic carbocycles. The minimum Gasteiger partial charge on any atom is -0.366 e. The van der Waals surface area contributed by atoms with Gasteiger partial charge in [0.2, 0.25) is 0 Å². The van der Waals surface area contributed by atoms with Crippen molar-refractivity contribution in [3.63, 3.8) is 0 Å². The van der Waals surface area contributed by atoms with Gasteiger partial charge in [-0.15, -0.1) is 18.3 Å². The molecule has 3 nitrogen and oxygen atoms in total. The lowest BCUT2D eigenvalue weighted by Crippen LogP contribution is -2.23. The van der Waals surface area contributed by atoms with Gasteiger partial charge in [0.15, 0.2) is 0 Å². The number of fused-ring (bicyclic) bond motifs is 1. The van der Waals surface area contributed by atoms with Gasteiger partial charge in [-0.05, 0) is 18.4 Å². The maximum Gasteiger partial charge on any atom is 0.414 e. The number of thioether (sulfide) groups is 1. The highest BCUT2D eigenvalue weighted by atomic mass is 32.2. The number of halogens is 3. The third-order valence-electron chi connectivity index (χ3n) is 4.24. The first-order chi connectivity index (χ1) is 11.8. The van der Waals surface area contributed by atoms with Gasteiger partial charge in [0.05, 0.1) is 5.57 Å². The highest BCUT2D eigenvalue weighted by Crippen LogP contribution is 2.40. The fourth-order valence-electron chi connectivity index (χ4n) is 2.94. The third kappa shape index (κ3) is 3.56. The second-order valence-electron chi connectivity index (χ2n) is 6.21. The maximum atomic E-state index is 13.0. The molecule has 0 fully saturated rings. The summed E-state index contributed by atoms with van der Waals surface area (Å²) in [6.45, 7) is 5.66. The van der Waals surface area contributed by atoms with Gasteiger partial charge in [0, 0.05) is 29.8 Å². The molecule has 0 saturated carbocycles. The molecule has 1 N–H and O–H groups in total. The van der Waals surface area contributed by atoms with Crippen LogP contribution in [0.15, 0.2) is 35.3 Å². The number of alkyl halides is 3. The molecule has 0 bridgehead atoms. The van der Waals surface area contributed by atoms with Crippen LogP contribution in [-0.2, 0) is 7.05 Å². The van der Waals surface area contributed by atoms with Gasteiger partial charge in [0.25, 0.3) is 0 Å². The van der Waals surface area contributed by atoms with Crippen LogP contribution in [0.5, 0.6) is 0 Å². The lowest BCUT2D eigenvalue weighted by Gasteiger charge is -2.20. The van der Waals surface area contributed by atoms with Crippen molar-refractivity contribution in [3.8, 4) is 0 Å². The Bertz CT molecular complexity index is 784. The van der Waals surface area contributed by atoms with Crippen LogP contribution in [-0.4, -0.2) is 28.0 Å². The zero-order chi connectivity index (χ0) is 18.2. The number of hydrogen-bond acceptors (Lipinski definition) is 3. The van der Waals surface area contributed by atoms with E-state index in [0.717, 1.165) is 28.7 Å². The molecule has 2 heterocycles. The fraction of sp³-hybridized carbons (Fsp3) is 0.389. The van der Waals surface area contributed by atoms with Crippen molar-refractivity contribution in [3.05, 3.63) is 46.8 Å². The van der Waals surface area contributed by atoms with Crippen molar-refractivity contribution in [2.45, 2.75) is 19.5 Å². The van der Waals surface area contributed by atoms with E-state index in [1.165, 1.54) is 0 Å². The number of imidazole rings is 1. The van der Waals surface area contributed by atoms with E-state index in [0.29, 0.717) is 23.3 Å². The average Bonchev–Trinajstić information content (AvgIpc) is 2.88. The second kappa shape index (κ2) is 6.78. The van der Waals surface area contributed by atoms with Crippen LogP contribution >= 0.6 is 11.8 Å². The summed E-state index contributed by atoms with van der Waals surface area (Å²) in [6, 6.07) is 0. The number of allylic oxidation sites excluding steroid dienone is 3. The summed E-state index contributed by atoms with van der Waals surface area (Å²) < 4.78 is 40.7. The Morgan fingerprint density at radius 3 is 2.92 bits per heavy atom. The smallest absolute Gasteiger partial charge is 0.366 e. The summed E-state index contributed by atoms with van der Waals surface area (Å²) in [7, 11) is 1.83. The van der Waals surface area contributed by atoms with Crippen molar-refractivity contribution in [2.75, 3.05) is 17.6 Å². The van der Waals surface area contributed by atoms with E-state index in [4.69, 9.17) is 0 Å². The highest BCUT2D eigenvalue weighted by Gasteiger charge is 2.36. The van der Waals surface area contributed by atoms with E-state index < -0.39 is 11.7 Å². The Hall–Kier alpha value is -1.89. The molecule has 1 aromatic heterocycles. The summed E-state index contributed by atoms with van der Waals surface area (Å²) in [4.78, 5) is 5.60. The SMILES string of the molecule is C=CCSC1=CC(C)CC=C1c1nc2c(n1C)NCC(C(F)(F)F)=C2. The number of nitrogens with one attached hydrogen (secondary N) is 1. The van der Waals surface area contributed by atoms with Crippen LogP contribution in [0.1, 0.15) is 24.9 Å².